The van der Waals surface area contributed by atoms with Crippen LogP contribution in [0, 0.1) is 5.92 Å². The average molecular weight is 389 g/mol. The molecular weight excluding hydrogens is 372 g/mol. The lowest BCUT2D eigenvalue weighted by atomic mass is 9.96. The number of thioether (sulfide) groups is 1. The van der Waals surface area contributed by atoms with Crippen molar-refractivity contribution in [2.75, 3.05) is 19.5 Å². The molecule has 1 aromatic rings. The van der Waals surface area contributed by atoms with E-state index in [2.05, 4.69) is 9.72 Å². The number of esters is 1. The Morgan fingerprint density at radius 1 is 1.28 bits per heavy atom. The van der Waals surface area contributed by atoms with Gasteiger partial charge in [0.05, 0.1) is 19.3 Å². The standard InChI is InChI=1S/C15H17F6NO2S/c1-7(2)6-8-9(14(23)24-3)10(13(17)18)22-12(15(19,20)21)11(8)25-5-4-16/h7,13H,4-6H2,1-3H3. The van der Waals surface area contributed by atoms with Crippen molar-refractivity contribution in [1.29, 1.82) is 0 Å². The molecule has 1 rings (SSSR count). The van der Waals surface area contributed by atoms with E-state index in [9.17, 15) is 31.1 Å². The fraction of sp³-hybridized carbons (Fsp3) is 0.600. The quantitative estimate of drug-likeness (QED) is 0.370. The number of methoxy groups -OCH3 is 1. The fourth-order valence-corrected chi connectivity index (χ4v) is 3.16. The van der Waals surface area contributed by atoms with Gasteiger partial charge in [-0.1, -0.05) is 13.8 Å². The molecule has 1 heterocycles. The molecule has 0 N–H and O–H groups in total. The molecule has 0 aliphatic carbocycles. The first-order valence-corrected chi connectivity index (χ1v) is 8.22. The number of ether oxygens (including phenoxy) is 1. The van der Waals surface area contributed by atoms with Crippen molar-refractivity contribution < 1.29 is 35.9 Å². The van der Waals surface area contributed by atoms with Crippen LogP contribution in [0.1, 0.15) is 47.6 Å². The molecule has 0 saturated carbocycles. The van der Waals surface area contributed by atoms with Gasteiger partial charge in [-0.15, -0.1) is 11.8 Å². The summed E-state index contributed by atoms with van der Waals surface area (Å²) < 4.78 is 83.5. The number of rotatable bonds is 7. The summed E-state index contributed by atoms with van der Waals surface area (Å²) in [6.07, 6.45) is -8.52. The van der Waals surface area contributed by atoms with E-state index in [4.69, 9.17) is 0 Å². The highest BCUT2D eigenvalue weighted by atomic mass is 32.2. The molecule has 0 aliphatic rings. The van der Waals surface area contributed by atoms with Gasteiger partial charge >= 0.3 is 12.1 Å². The number of aromatic nitrogens is 1. The number of hydrogen-bond acceptors (Lipinski definition) is 4. The first-order valence-electron chi connectivity index (χ1n) is 7.23. The summed E-state index contributed by atoms with van der Waals surface area (Å²) in [6.45, 7) is 2.38. The van der Waals surface area contributed by atoms with Gasteiger partial charge in [0.1, 0.15) is 5.69 Å². The Kier molecular flexibility index (Phi) is 7.58. The number of hydrogen-bond donors (Lipinski definition) is 0. The number of carbonyl (C=O) groups is 1. The molecule has 0 amide bonds. The van der Waals surface area contributed by atoms with E-state index in [0.29, 0.717) is 11.8 Å². The molecule has 10 heteroatoms. The highest BCUT2D eigenvalue weighted by molar-refractivity contribution is 7.99. The minimum Gasteiger partial charge on any atom is -0.465 e. The van der Waals surface area contributed by atoms with Crippen LogP contribution in [-0.4, -0.2) is 30.5 Å². The first-order chi connectivity index (χ1) is 11.5. The maximum absolute atomic E-state index is 13.3. The Hall–Kier alpha value is -1.45. The van der Waals surface area contributed by atoms with Gasteiger partial charge in [0, 0.05) is 10.6 Å². The average Bonchev–Trinajstić information content (AvgIpc) is 2.50. The van der Waals surface area contributed by atoms with Crippen LogP contribution in [0.25, 0.3) is 0 Å². The Morgan fingerprint density at radius 2 is 1.88 bits per heavy atom. The summed E-state index contributed by atoms with van der Waals surface area (Å²) in [4.78, 5) is 14.5. The topological polar surface area (TPSA) is 39.2 Å². The maximum Gasteiger partial charge on any atom is 0.434 e. The summed E-state index contributed by atoms with van der Waals surface area (Å²) in [6, 6.07) is 0. The Labute approximate surface area is 145 Å². The summed E-state index contributed by atoms with van der Waals surface area (Å²) in [5.41, 5.74) is -3.73. The van der Waals surface area contributed by atoms with Gasteiger partial charge in [0.15, 0.2) is 5.69 Å². The summed E-state index contributed by atoms with van der Waals surface area (Å²) in [5, 5.41) is 0. The smallest absolute Gasteiger partial charge is 0.434 e. The van der Waals surface area contributed by atoms with Crippen LogP contribution in [0.5, 0.6) is 0 Å². The van der Waals surface area contributed by atoms with Crippen molar-refractivity contribution in [3.8, 4) is 0 Å². The van der Waals surface area contributed by atoms with E-state index in [0.717, 1.165) is 7.11 Å². The first kappa shape index (κ1) is 21.6. The third-order valence-electron chi connectivity index (χ3n) is 3.08. The molecule has 0 atom stereocenters. The van der Waals surface area contributed by atoms with Gasteiger partial charge < -0.3 is 4.74 Å². The highest BCUT2D eigenvalue weighted by Crippen LogP contribution is 2.42. The molecular formula is C15H17F6NO2S. The third kappa shape index (κ3) is 5.26. The zero-order valence-corrected chi connectivity index (χ0v) is 14.5. The Bertz CT molecular complexity index is 619. The number of nitrogens with zero attached hydrogens (tertiary/aromatic N) is 1. The molecule has 25 heavy (non-hydrogen) atoms. The van der Waals surface area contributed by atoms with Crippen LogP contribution in [-0.2, 0) is 17.3 Å². The number of pyridine rings is 1. The summed E-state index contributed by atoms with van der Waals surface area (Å²) in [7, 11) is 0.933. The van der Waals surface area contributed by atoms with Gasteiger partial charge in [-0.05, 0) is 17.9 Å². The number of alkyl halides is 6. The predicted molar refractivity (Wildman–Crippen MR) is 80.8 cm³/mol. The monoisotopic (exact) mass is 389 g/mol. The van der Waals surface area contributed by atoms with Crippen molar-refractivity contribution in [3.05, 3.63) is 22.5 Å². The lowest BCUT2D eigenvalue weighted by Gasteiger charge is -2.21. The van der Waals surface area contributed by atoms with Gasteiger partial charge in [-0.25, -0.2) is 18.6 Å². The highest BCUT2D eigenvalue weighted by Gasteiger charge is 2.40. The maximum atomic E-state index is 13.3. The van der Waals surface area contributed by atoms with Crippen molar-refractivity contribution in [2.45, 2.75) is 37.8 Å². The molecule has 1 aromatic heterocycles. The molecule has 3 nitrogen and oxygen atoms in total. The molecule has 0 radical (unpaired) electrons. The third-order valence-corrected chi connectivity index (χ3v) is 4.17. The van der Waals surface area contributed by atoms with Gasteiger partial charge in [0.2, 0.25) is 0 Å². The van der Waals surface area contributed by atoms with Crippen LogP contribution < -0.4 is 0 Å². The lowest BCUT2D eigenvalue weighted by molar-refractivity contribution is -0.143. The second-order valence-corrected chi connectivity index (χ2v) is 6.56. The zero-order chi connectivity index (χ0) is 19.4. The SMILES string of the molecule is COC(=O)c1c(C(F)F)nc(C(F)(F)F)c(SCCF)c1CC(C)C. The Morgan fingerprint density at radius 3 is 2.28 bits per heavy atom. The largest absolute Gasteiger partial charge is 0.465 e. The lowest BCUT2D eigenvalue weighted by Crippen LogP contribution is -2.21. The minimum absolute atomic E-state index is 0.0929. The minimum atomic E-state index is -5.03. The van der Waals surface area contributed by atoms with Crippen LogP contribution in [0.4, 0.5) is 26.3 Å². The van der Waals surface area contributed by atoms with E-state index >= 15 is 0 Å². The predicted octanol–water partition coefficient (Wildman–Crippen LogP) is 5.08. The van der Waals surface area contributed by atoms with Crippen molar-refractivity contribution in [1.82, 2.24) is 4.98 Å². The van der Waals surface area contributed by atoms with Crippen molar-refractivity contribution >= 4 is 17.7 Å². The van der Waals surface area contributed by atoms with Gasteiger partial charge in [-0.3, -0.25) is 4.39 Å². The molecule has 142 valence electrons. The van der Waals surface area contributed by atoms with E-state index in [1.54, 1.807) is 13.8 Å². The number of halogens is 6. The normalized spacial score (nSPS) is 12.1. The van der Waals surface area contributed by atoms with E-state index < -0.39 is 47.1 Å². The Balaban J connectivity index is 3.87. The van der Waals surface area contributed by atoms with Gasteiger partial charge in [-0.2, -0.15) is 13.2 Å². The molecule has 0 fully saturated rings. The zero-order valence-electron chi connectivity index (χ0n) is 13.7. The second kappa shape index (κ2) is 8.77. The molecule has 0 aromatic carbocycles. The van der Waals surface area contributed by atoms with Crippen molar-refractivity contribution in [3.63, 3.8) is 0 Å². The van der Waals surface area contributed by atoms with E-state index in [1.165, 1.54) is 0 Å². The molecule has 0 spiro atoms. The van der Waals surface area contributed by atoms with Crippen LogP contribution in [0.3, 0.4) is 0 Å². The second-order valence-electron chi connectivity index (χ2n) is 5.45. The summed E-state index contributed by atoms with van der Waals surface area (Å²) >= 11 is 0.495. The molecule has 0 unspecified atom stereocenters. The summed E-state index contributed by atoms with van der Waals surface area (Å²) in [5.74, 6) is -1.78. The van der Waals surface area contributed by atoms with E-state index in [-0.39, 0.29) is 23.7 Å². The molecule has 0 bridgehead atoms. The van der Waals surface area contributed by atoms with E-state index in [1.807, 2.05) is 0 Å². The van der Waals surface area contributed by atoms with Crippen molar-refractivity contribution in [2.24, 2.45) is 5.92 Å². The molecule has 0 saturated heterocycles. The van der Waals surface area contributed by atoms with Gasteiger partial charge in [0.25, 0.3) is 6.43 Å². The molecule has 0 aliphatic heterocycles. The van der Waals surface area contributed by atoms with Crippen LogP contribution in [0.2, 0.25) is 0 Å². The number of carbonyl (C=O) groups excluding carboxylic acids is 1. The van der Waals surface area contributed by atoms with Crippen LogP contribution >= 0.6 is 11.8 Å². The van der Waals surface area contributed by atoms with Crippen LogP contribution in [0.15, 0.2) is 4.90 Å². The fourth-order valence-electron chi connectivity index (χ4n) is 2.22.